The van der Waals surface area contributed by atoms with Gasteiger partial charge in [-0.2, -0.15) is 0 Å². The molecule has 0 heterocycles. The molecular weight excluding hydrogens is 307 g/mol. The van der Waals surface area contributed by atoms with Crippen LogP contribution in [-0.4, -0.2) is 6.54 Å². The highest BCUT2D eigenvalue weighted by atomic mass is 79.9. The van der Waals surface area contributed by atoms with E-state index in [1.807, 2.05) is 18.2 Å². The van der Waals surface area contributed by atoms with E-state index < -0.39 is 0 Å². The molecule has 2 aromatic carbocycles. The van der Waals surface area contributed by atoms with Gasteiger partial charge in [0.1, 0.15) is 5.82 Å². The van der Waals surface area contributed by atoms with Gasteiger partial charge in [0.05, 0.1) is 0 Å². The first kappa shape index (κ1) is 13.9. The van der Waals surface area contributed by atoms with Gasteiger partial charge in [-0.3, -0.25) is 0 Å². The molecule has 0 aliphatic heterocycles. The lowest BCUT2D eigenvalue weighted by atomic mass is 10.1. The number of benzene rings is 2. The molecule has 100 valence electrons. The Labute approximate surface area is 121 Å². The molecule has 0 amide bonds. The summed E-state index contributed by atoms with van der Waals surface area (Å²) in [6.07, 6.45) is 0. The van der Waals surface area contributed by atoms with Crippen LogP contribution in [0.25, 0.3) is 0 Å². The molecule has 2 nitrogen and oxygen atoms in total. The van der Waals surface area contributed by atoms with Crippen LogP contribution in [0.4, 0.5) is 15.8 Å². The van der Waals surface area contributed by atoms with Crippen molar-refractivity contribution in [2.24, 2.45) is 0 Å². The zero-order chi connectivity index (χ0) is 13.8. The Bertz CT molecular complexity index is 555. The van der Waals surface area contributed by atoms with Crippen LogP contribution in [-0.2, 0) is 6.54 Å². The Morgan fingerprint density at radius 2 is 1.84 bits per heavy atom. The molecule has 0 aliphatic rings. The van der Waals surface area contributed by atoms with E-state index in [1.54, 1.807) is 12.1 Å². The minimum absolute atomic E-state index is 0.218. The van der Waals surface area contributed by atoms with Crippen LogP contribution >= 0.6 is 15.9 Å². The van der Waals surface area contributed by atoms with Gasteiger partial charge in [0.2, 0.25) is 0 Å². The molecule has 2 N–H and O–H groups in total. The second-order valence-electron chi connectivity index (χ2n) is 4.31. The van der Waals surface area contributed by atoms with Crippen molar-refractivity contribution >= 4 is 27.3 Å². The summed E-state index contributed by atoms with van der Waals surface area (Å²) in [6.45, 7) is 3.64. The van der Waals surface area contributed by atoms with E-state index >= 15 is 0 Å². The Morgan fingerprint density at radius 3 is 2.47 bits per heavy atom. The third-order valence-electron chi connectivity index (χ3n) is 3.04. The lowest BCUT2D eigenvalue weighted by Gasteiger charge is -2.24. The van der Waals surface area contributed by atoms with Crippen LogP contribution in [0, 0.1) is 5.82 Å². The van der Waals surface area contributed by atoms with Crippen molar-refractivity contribution in [2.75, 3.05) is 17.2 Å². The van der Waals surface area contributed by atoms with Crippen LogP contribution in [0.2, 0.25) is 0 Å². The third-order valence-corrected chi connectivity index (χ3v) is 4.01. The highest BCUT2D eigenvalue weighted by Crippen LogP contribution is 2.26. The largest absolute Gasteiger partial charge is 0.398 e. The topological polar surface area (TPSA) is 29.3 Å². The molecule has 0 aromatic heterocycles. The summed E-state index contributed by atoms with van der Waals surface area (Å²) in [6, 6.07) is 12.4. The first-order valence-electron chi connectivity index (χ1n) is 6.15. The molecule has 4 heteroatoms. The highest BCUT2D eigenvalue weighted by Gasteiger charge is 2.09. The van der Waals surface area contributed by atoms with E-state index in [4.69, 9.17) is 5.73 Å². The standard InChI is InChI=1S/C15H16BrFN2/c1-2-19(13-8-6-12(17)7-9-13)10-11-4-3-5-14(18)15(11)16/h3-9H,2,10,18H2,1H3. The van der Waals surface area contributed by atoms with Gasteiger partial charge in [-0.15, -0.1) is 0 Å². The lowest BCUT2D eigenvalue weighted by Crippen LogP contribution is -2.22. The van der Waals surface area contributed by atoms with E-state index in [2.05, 4.69) is 27.8 Å². The van der Waals surface area contributed by atoms with E-state index in [1.165, 1.54) is 12.1 Å². The summed E-state index contributed by atoms with van der Waals surface area (Å²) in [5.41, 5.74) is 8.73. The second kappa shape index (κ2) is 6.06. The molecule has 0 saturated carbocycles. The van der Waals surface area contributed by atoms with Crippen molar-refractivity contribution in [1.29, 1.82) is 0 Å². The Hall–Kier alpha value is -1.55. The van der Waals surface area contributed by atoms with Crippen molar-refractivity contribution in [3.63, 3.8) is 0 Å². The quantitative estimate of drug-likeness (QED) is 0.855. The Balaban J connectivity index is 2.24. The molecule has 19 heavy (non-hydrogen) atoms. The first-order chi connectivity index (χ1) is 9.11. The van der Waals surface area contributed by atoms with Gasteiger partial charge in [-0.05, 0) is 58.7 Å². The molecule has 0 aliphatic carbocycles. The number of hydrogen-bond donors (Lipinski definition) is 1. The predicted molar refractivity (Wildman–Crippen MR) is 81.7 cm³/mol. The van der Waals surface area contributed by atoms with E-state index in [0.29, 0.717) is 0 Å². The van der Waals surface area contributed by atoms with Gasteiger partial charge in [0.15, 0.2) is 0 Å². The van der Waals surface area contributed by atoms with Crippen molar-refractivity contribution in [3.8, 4) is 0 Å². The van der Waals surface area contributed by atoms with Crippen molar-refractivity contribution in [1.82, 2.24) is 0 Å². The fourth-order valence-corrected chi connectivity index (χ4v) is 2.35. The summed E-state index contributed by atoms with van der Waals surface area (Å²) in [5, 5.41) is 0. The van der Waals surface area contributed by atoms with E-state index in [0.717, 1.165) is 34.5 Å². The molecule has 0 bridgehead atoms. The monoisotopic (exact) mass is 322 g/mol. The molecule has 0 spiro atoms. The summed E-state index contributed by atoms with van der Waals surface area (Å²) in [5.74, 6) is -0.218. The highest BCUT2D eigenvalue weighted by molar-refractivity contribution is 9.10. The summed E-state index contributed by atoms with van der Waals surface area (Å²) in [4.78, 5) is 2.17. The fourth-order valence-electron chi connectivity index (χ4n) is 1.96. The van der Waals surface area contributed by atoms with Gasteiger partial charge in [0.25, 0.3) is 0 Å². The summed E-state index contributed by atoms with van der Waals surface area (Å²) in [7, 11) is 0. The summed E-state index contributed by atoms with van der Waals surface area (Å²) < 4.78 is 13.9. The lowest BCUT2D eigenvalue weighted by molar-refractivity contribution is 0.627. The maximum absolute atomic E-state index is 13.0. The van der Waals surface area contributed by atoms with Gasteiger partial charge >= 0.3 is 0 Å². The number of nitrogen functional groups attached to an aromatic ring is 1. The number of hydrogen-bond acceptors (Lipinski definition) is 2. The van der Waals surface area contributed by atoms with Gasteiger partial charge in [-0.1, -0.05) is 12.1 Å². The average Bonchev–Trinajstić information content (AvgIpc) is 2.42. The van der Waals surface area contributed by atoms with Crippen molar-refractivity contribution in [2.45, 2.75) is 13.5 Å². The zero-order valence-electron chi connectivity index (χ0n) is 10.7. The van der Waals surface area contributed by atoms with Gasteiger partial charge < -0.3 is 10.6 Å². The molecule has 0 fully saturated rings. The number of nitrogens with two attached hydrogens (primary N) is 1. The molecule has 0 atom stereocenters. The molecule has 0 radical (unpaired) electrons. The molecule has 2 rings (SSSR count). The third kappa shape index (κ3) is 3.26. The van der Waals surface area contributed by atoms with E-state index in [-0.39, 0.29) is 5.82 Å². The minimum atomic E-state index is -0.218. The van der Waals surface area contributed by atoms with Gasteiger partial charge in [-0.25, -0.2) is 4.39 Å². The molecule has 0 saturated heterocycles. The summed E-state index contributed by atoms with van der Waals surface area (Å²) >= 11 is 3.51. The first-order valence-corrected chi connectivity index (χ1v) is 6.94. The SMILES string of the molecule is CCN(Cc1cccc(N)c1Br)c1ccc(F)cc1. The smallest absolute Gasteiger partial charge is 0.123 e. The molecule has 2 aromatic rings. The number of halogens is 2. The van der Waals surface area contributed by atoms with E-state index in [9.17, 15) is 4.39 Å². The Morgan fingerprint density at radius 1 is 1.16 bits per heavy atom. The molecule has 0 unspecified atom stereocenters. The average molecular weight is 323 g/mol. The number of anilines is 2. The van der Waals surface area contributed by atoms with Crippen LogP contribution in [0.15, 0.2) is 46.9 Å². The van der Waals surface area contributed by atoms with Crippen molar-refractivity contribution in [3.05, 3.63) is 58.3 Å². The second-order valence-corrected chi connectivity index (χ2v) is 5.10. The van der Waals surface area contributed by atoms with Crippen molar-refractivity contribution < 1.29 is 4.39 Å². The van der Waals surface area contributed by atoms with Crippen LogP contribution in [0.3, 0.4) is 0 Å². The number of nitrogens with zero attached hydrogens (tertiary/aromatic N) is 1. The maximum Gasteiger partial charge on any atom is 0.123 e. The Kier molecular flexibility index (Phi) is 4.43. The maximum atomic E-state index is 13.0. The van der Waals surface area contributed by atoms with Crippen LogP contribution in [0.5, 0.6) is 0 Å². The van der Waals surface area contributed by atoms with Gasteiger partial charge in [0, 0.05) is 28.9 Å². The molecular formula is C15H16BrFN2. The predicted octanol–water partition coefficient (Wildman–Crippen LogP) is 4.20. The van der Waals surface area contributed by atoms with Crippen LogP contribution in [0.1, 0.15) is 12.5 Å². The fraction of sp³-hybridized carbons (Fsp3) is 0.200. The normalized spacial score (nSPS) is 10.5. The van der Waals surface area contributed by atoms with Crippen LogP contribution < -0.4 is 10.6 Å². The minimum Gasteiger partial charge on any atom is -0.398 e. The number of rotatable bonds is 4. The zero-order valence-corrected chi connectivity index (χ0v) is 12.3.